The third-order valence-electron chi connectivity index (χ3n) is 5.02. The highest BCUT2D eigenvalue weighted by molar-refractivity contribution is 7.98. The summed E-state index contributed by atoms with van der Waals surface area (Å²) >= 11 is 1.19. The number of hydrogen-bond acceptors (Lipinski definition) is 4. The van der Waals surface area contributed by atoms with Crippen molar-refractivity contribution < 1.29 is 40.4 Å². The van der Waals surface area contributed by atoms with Gasteiger partial charge < -0.3 is 9.47 Å². The predicted octanol–water partition coefficient (Wildman–Crippen LogP) is 4.56. The number of rotatable bonds is 3. The number of benzene rings is 1. The molecule has 1 aromatic carbocycles. The van der Waals surface area contributed by atoms with Crippen molar-refractivity contribution in [3.8, 4) is 11.5 Å². The molecule has 1 aromatic heterocycles. The minimum atomic E-state index is -4.75. The quantitative estimate of drug-likeness (QED) is 0.434. The van der Waals surface area contributed by atoms with E-state index in [0.717, 1.165) is 6.20 Å². The lowest BCUT2D eigenvalue weighted by atomic mass is 9.85. The third-order valence-corrected chi connectivity index (χ3v) is 5.77. The second-order valence-electron chi connectivity index (χ2n) is 6.71. The van der Waals surface area contributed by atoms with Crippen molar-refractivity contribution in [2.75, 3.05) is 18.2 Å². The molecule has 11 heteroatoms. The standard InChI is InChI=1S/C18H14F6N2O2S/c1-29-12-3-2-10-14(13(12)19)27-5-4-17(10)8-26-7-9(18(22,23)24)6-11(15(26)25-17)28-16(20)21/h2-3,6-7,16H,4-5,8H2,1H3/p+1/t17-/m1/s1. The van der Waals surface area contributed by atoms with E-state index in [2.05, 4.69) is 10.1 Å². The average molecular weight is 437 g/mol. The lowest BCUT2D eigenvalue weighted by Crippen LogP contribution is -2.44. The molecule has 0 aliphatic carbocycles. The van der Waals surface area contributed by atoms with Gasteiger partial charge in [0.05, 0.1) is 12.2 Å². The van der Waals surface area contributed by atoms with Crippen molar-refractivity contribution in [3.63, 3.8) is 0 Å². The lowest BCUT2D eigenvalue weighted by Gasteiger charge is -2.31. The Kier molecular flexibility index (Phi) is 4.75. The van der Waals surface area contributed by atoms with Crippen molar-refractivity contribution in [3.05, 3.63) is 41.3 Å². The molecule has 2 aliphatic rings. The van der Waals surface area contributed by atoms with E-state index in [0.29, 0.717) is 22.9 Å². The Hall–Kier alpha value is -2.30. The SMILES string of the molecule is CSc1ccc2c(c1F)OCC[C@@]21C[n+]2cc(C(F)(F)F)cc(OC(F)F)c2N1. The zero-order valence-electron chi connectivity index (χ0n) is 14.9. The Labute approximate surface area is 165 Å². The van der Waals surface area contributed by atoms with Crippen LogP contribution in [0.3, 0.4) is 0 Å². The van der Waals surface area contributed by atoms with Gasteiger partial charge in [-0.25, -0.2) is 8.96 Å². The van der Waals surface area contributed by atoms with Gasteiger partial charge in [-0.15, -0.1) is 11.8 Å². The molecule has 29 heavy (non-hydrogen) atoms. The first-order valence-corrected chi connectivity index (χ1v) is 9.74. The smallest absolute Gasteiger partial charge is 0.419 e. The van der Waals surface area contributed by atoms with Gasteiger partial charge >= 0.3 is 18.6 Å². The zero-order chi connectivity index (χ0) is 21.0. The first-order valence-electron chi connectivity index (χ1n) is 8.52. The summed E-state index contributed by atoms with van der Waals surface area (Å²) in [5.41, 5.74) is -1.71. The molecule has 2 aliphatic heterocycles. The van der Waals surface area contributed by atoms with Gasteiger partial charge in [0.1, 0.15) is 12.7 Å². The number of nitrogens with one attached hydrogen (secondary N) is 1. The maximum atomic E-state index is 14.7. The summed E-state index contributed by atoms with van der Waals surface area (Å²) in [5.74, 6) is -1.20. The maximum Gasteiger partial charge on any atom is 0.419 e. The van der Waals surface area contributed by atoms with Crippen LogP contribution < -0.4 is 19.4 Å². The number of ether oxygens (including phenoxy) is 2. The number of hydrogen-bond donors (Lipinski definition) is 1. The summed E-state index contributed by atoms with van der Waals surface area (Å²) in [6.07, 6.45) is -1.91. The molecule has 0 radical (unpaired) electrons. The van der Waals surface area contributed by atoms with Gasteiger partial charge in [0.25, 0.3) is 0 Å². The highest BCUT2D eigenvalue weighted by Gasteiger charge is 2.52. The molecule has 2 aromatic rings. The fourth-order valence-electron chi connectivity index (χ4n) is 3.75. The summed E-state index contributed by atoms with van der Waals surface area (Å²) in [7, 11) is 0. The summed E-state index contributed by atoms with van der Waals surface area (Å²) < 4.78 is 91.1. The normalized spacial score (nSPS) is 20.3. The number of nitrogens with zero attached hydrogens (tertiary/aromatic N) is 1. The van der Waals surface area contributed by atoms with E-state index in [1.165, 1.54) is 16.3 Å². The highest BCUT2D eigenvalue weighted by atomic mass is 32.2. The number of anilines is 1. The van der Waals surface area contributed by atoms with Crippen molar-refractivity contribution in [2.45, 2.75) is 36.2 Å². The third kappa shape index (κ3) is 3.34. The van der Waals surface area contributed by atoms with Crippen LogP contribution in [0.5, 0.6) is 11.5 Å². The van der Waals surface area contributed by atoms with Crippen LogP contribution in [0, 0.1) is 5.82 Å². The largest absolute Gasteiger partial charge is 0.490 e. The van der Waals surface area contributed by atoms with E-state index < -0.39 is 35.5 Å². The zero-order valence-corrected chi connectivity index (χ0v) is 15.8. The van der Waals surface area contributed by atoms with Crippen LogP contribution in [0.1, 0.15) is 17.5 Å². The summed E-state index contributed by atoms with van der Waals surface area (Å²) in [6, 6.07) is 3.73. The lowest BCUT2D eigenvalue weighted by molar-refractivity contribution is -0.679. The molecule has 1 N–H and O–H groups in total. The van der Waals surface area contributed by atoms with Gasteiger partial charge in [0, 0.05) is 22.9 Å². The van der Waals surface area contributed by atoms with Gasteiger partial charge in [0.2, 0.25) is 5.75 Å². The summed E-state index contributed by atoms with van der Waals surface area (Å²) in [5, 5.41) is 3.01. The molecule has 0 unspecified atom stereocenters. The molecule has 4 rings (SSSR count). The molecule has 3 heterocycles. The second-order valence-corrected chi connectivity index (χ2v) is 7.56. The minimum absolute atomic E-state index is 0.0105. The molecule has 156 valence electrons. The Morgan fingerprint density at radius 1 is 1.31 bits per heavy atom. The molecule has 0 amide bonds. The fraction of sp³-hybridized carbons (Fsp3) is 0.389. The highest BCUT2D eigenvalue weighted by Crippen LogP contribution is 2.47. The van der Waals surface area contributed by atoms with Gasteiger partial charge in [-0.1, -0.05) is 0 Å². The van der Waals surface area contributed by atoms with Crippen LogP contribution in [0.4, 0.5) is 32.2 Å². The topological polar surface area (TPSA) is 34.4 Å². The van der Waals surface area contributed by atoms with Crippen LogP contribution in [0.25, 0.3) is 0 Å². The van der Waals surface area contributed by atoms with Crippen LogP contribution in [0.2, 0.25) is 0 Å². The number of fused-ring (bicyclic) bond motifs is 3. The Balaban J connectivity index is 1.83. The van der Waals surface area contributed by atoms with E-state index >= 15 is 0 Å². The van der Waals surface area contributed by atoms with Crippen LogP contribution >= 0.6 is 11.8 Å². The van der Waals surface area contributed by atoms with E-state index in [9.17, 15) is 26.3 Å². The van der Waals surface area contributed by atoms with Crippen LogP contribution in [-0.2, 0) is 18.3 Å². The maximum absolute atomic E-state index is 14.7. The molecule has 4 nitrogen and oxygen atoms in total. The van der Waals surface area contributed by atoms with Crippen molar-refractivity contribution in [1.82, 2.24) is 0 Å². The number of alkyl halides is 5. The van der Waals surface area contributed by atoms with Crippen molar-refractivity contribution >= 4 is 17.6 Å². The van der Waals surface area contributed by atoms with Crippen LogP contribution in [-0.4, -0.2) is 19.5 Å². The molecule has 0 fully saturated rings. The van der Waals surface area contributed by atoms with Crippen LogP contribution in [0.15, 0.2) is 29.3 Å². The van der Waals surface area contributed by atoms with E-state index in [4.69, 9.17) is 4.74 Å². The van der Waals surface area contributed by atoms with E-state index in [1.807, 2.05) is 0 Å². The first-order chi connectivity index (χ1) is 13.6. The Bertz CT molecular complexity index is 968. The first kappa shape index (κ1) is 20.0. The van der Waals surface area contributed by atoms with Crippen molar-refractivity contribution in [2.24, 2.45) is 0 Å². The predicted molar refractivity (Wildman–Crippen MR) is 91.9 cm³/mol. The van der Waals surface area contributed by atoms with Gasteiger partial charge in [-0.2, -0.15) is 22.0 Å². The molecular formula is C18H15F6N2O2S+. The molecular weight excluding hydrogens is 422 g/mol. The monoisotopic (exact) mass is 437 g/mol. The molecule has 1 spiro atoms. The molecule has 0 saturated heterocycles. The molecule has 1 atom stereocenters. The van der Waals surface area contributed by atoms with E-state index in [-0.39, 0.29) is 24.7 Å². The van der Waals surface area contributed by atoms with Crippen molar-refractivity contribution in [1.29, 1.82) is 0 Å². The summed E-state index contributed by atoms with van der Waals surface area (Å²) in [4.78, 5) is 0.366. The minimum Gasteiger partial charge on any atom is -0.490 e. The Morgan fingerprint density at radius 3 is 2.72 bits per heavy atom. The fourth-order valence-corrected chi connectivity index (χ4v) is 4.22. The average Bonchev–Trinajstić information content (AvgIpc) is 3.01. The van der Waals surface area contributed by atoms with E-state index in [1.54, 1.807) is 18.4 Å². The summed E-state index contributed by atoms with van der Waals surface area (Å²) in [6.45, 7) is -3.22. The Morgan fingerprint density at radius 2 is 2.07 bits per heavy atom. The number of aromatic nitrogens is 1. The molecule has 0 bridgehead atoms. The molecule has 0 saturated carbocycles. The van der Waals surface area contributed by atoms with Gasteiger partial charge in [-0.05, 0) is 18.4 Å². The number of thioether (sulfide) groups is 1. The number of pyridine rings is 1. The van der Waals surface area contributed by atoms with Gasteiger partial charge in [0.15, 0.2) is 17.1 Å². The second kappa shape index (κ2) is 6.89. The number of halogens is 6. The van der Waals surface area contributed by atoms with Gasteiger partial charge in [-0.3, -0.25) is 5.32 Å².